The molecule has 0 spiro atoms. The SMILES string of the molecule is CC(C)(C)OC(=O)NC1CCCN(c2c3c(nc4ccc(-c5ccnc(NC6CC6)c5)cc24)CCCC3)C1. The van der Waals surface area contributed by atoms with Gasteiger partial charge in [0.05, 0.1) is 11.2 Å². The molecule has 1 aromatic carbocycles. The molecule has 1 aliphatic heterocycles. The van der Waals surface area contributed by atoms with Gasteiger partial charge in [-0.1, -0.05) is 6.07 Å². The fourth-order valence-corrected chi connectivity index (χ4v) is 5.84. The molecule has 200 valence electrons. The third kappa shape index (κ3) is 5.57. The Hall–Kier alpha value is -3.35. The van der Waals surface area contributed by atoms with Crippen LogP contribution in [0.5, 0.6) is 0 Å². The number of pyridine rings is 2. The standard InChI is InChI=1S/C31H39N5O2/c1-31(2,3)38-30(37)34-23-7-6-16-36(19-23)29-24-8-4-5-9-26(24)35-27-13-10-20(17-25(27)29)21-14-15-32-28(18-21)33-22-11-12-22/h10,13-15,17-18,22-23H,4-9,11-12,16,19H2,1-3H3,(H,32,33)(H,34,37). The number of benzene rings is 1. The Bertz CT molecular complexity index is 1340. The monoisotopic (exact) mass is 513 g/mol. The van der Waals surface area contributed by atoms with Gasteiger partial charge in [-0.2, -0.15) is 0 Å². The van der Waals surface area contributed by atoms with Crippen LogP contribution in [0.1, 0.15) is 70.6 Å². The van der Waals surface area contributed by atoms with Crippen LogP contribution in [0.15, 0.2) is 36.5 Å². The van der Waals surface area contributed by atoms with Gasteiger partial charge in [-0.15, -0.1) is 0 Å². The third-order valence-corrected chi connectivity index (χ3v) is 7.71. The maximum Gasteiger partial charge on any atom is 0.407 e. The van der Waals surface area contributed by atoms with Crippen molar-refractivity contribution in [2.24, 2.45) is 0 Å². The van der Waals surface area contributed by atoms with E-state index in [-0.39, 0.29) is 12.1 Å². The summed E-state index contributed by atoms with van der Waals surface area (Å²) < 4.78 is 5.56. The number of hydrogen-bond donors (Lipinski definition) is 2. The van der Waals surface area contributed by atoms with Crippen LogP contribution in [0.25, 0.3) is 22.0 Å². The molecule has 3 heterocycles. The Morgan fingerprint density at radius 2 is 1.82 bits per heavy atom. The Morgan fingerprint density at radius 3 is 2.63 bits per heavy atom. The highest BCUT2D eigenvalue weighted by Crippen LogP contribution is 2.39. The van der Waals surface area contributed by atoms with Crippen molar-refractivity contribution in [1.29, 1.82) is 0 Å². The second kappa shape index (κ2) is 10.1. The average Bonchev–Trinajstić information content (AvgIpc) is 3.70. The van der Waals surface area contributed by atoms with Crippen LogP contribution in [-0.2, 0) is 17.6 Å². The lowest BCUT2D eigenvalue weighted by Gasteiger charge is -2.37. The summed E-state index contributed by atoms with van der Waals surface area (Å²) in [7, 11) is 0. The number of carbonyl (C=O) groups is 1. The normalized spacial score (nSPS) is 19.7. The van der Waals surface area contributed by atoms with Crippen LogP contribution >= 0.6 is 0 Å². The quantitative estimate of drug-likeness (QED) is 0.420. The van der Waals surface area contributed by atoms with Gasteiger partial charge in [0, 0.05) is 42.5 Å². The summed E-state index contributed by atoms with van der Waals surface area (Å²) in [5.74, 6) is 0.945. The highest BCUT2D eigenvalue weighted by atomic mass is 16.6. The van der Waals surface area contributed by atoms with Crippen LogP contribution in [-0.4, -0.2) is 46.8 Å². The molecule has 1 saturated heterocycles. The van der Waals surface area contributed by atoms with Crippen molar-refractivity contribution in [1.82, 2.24) is 15.3 Å². The predicted molar refractivity (Wildman–Crippen MR) is 153 cm³/mol. The number of rotatable bonds is 5. The molecule has 1 unspecified atom stereocenters. The predicted octanol–water partition coefficient (Wildman–Crippen LogP) is 6.24. The zero-order chi connectivity index (χ0) is 26.3. The number of anilines is 2. The zero-order valence-corrected chi connectivity index (χ0v) is 22.8. The summed E-state index contributed by atoms with van der Waals surface area (Å²) >= 11 is 0. The molecule has 0 radical (unpaired) electrons. The number of nitrogens with one attached hydrogen (secondary N) is 2. The number of alkyl carbamates (subject to hydrolysis) is 1. The van der Waals surface area contributed by atoms with E-state index in [4.69, 9.17) is 9.72 Å². The molecule has 3 aromatic rings. The van der Waals surface area contributed by atoms with Crippen LogP contribution in [0.3, 0.4) is 0 Å². The highest BCUT2D eigenvalue weighted by molar-refractivity contribution is 5.97. The number of aryl methyl sites for hydroxylation is 1. The minimum atomic E-state index is -0.504. The minimum absolute atomic E-state index is 0.0560. The molecule has 7 nitrogen and oxygen atoms in total. The summed E-state index contributed by atoms with van der Waals surface area (Å²) in [5.41, 5.74) is 6.84. The largest absolute Gasteiger partial charge is 0.444 e. The van der Waals surface area contributed by atoms with Gasteiger partial charge in [0.2, 0.25) is 0 Å². The number of carbonyl (C=O) groups excluding carboxylic acids is 1. The van der Waals surface area contributed by atoms with Gasteiger partial charge in [-0.05, 0) is 113 Å². The van der Waals surface area contributed by atoms with Gasteiger partial charge in [-0.3, -0.25) is 4.98 Å². The maximum absolute atomic E-state index is 12.5. The Labute approximate surface area is 225 Å². The fourth-order valence-electron chi connectivity index (χ4n) is 5.84. The van der Waals surface area contributed by atoms with Gasteiger partial charge in [0.25, 0.3) is 0 Å². The number of ether oxygens (including phenoxy) is 1. The number of piperidine rings is 1. The topological polar surface area (TPSA) is 79.4 Å². The molecule has 7 heteroatoms. The average molecular weight is 514 g/mol. The zero-order valence-electron chi connectivity index (χ0n) is 22.8. The van der Waals surface area contributed by atoms with Crippen LogP contribution in [0.2, 0.25) is 0 Å². The first kappa shape index (κ1) is 25.0. The number of nitrogens with zero attached hydrogens (tertiary/aromatic N) is 3. The summed E-state index contributed by atoms with van der Waals surface area (Å²) in [5, 5.41) is 7.86. The Morgan fingerprint density at radius 1 is 1.00 bits per heavy atom. The van der Waals surface area contributed by atoms with Crippen LogP contribution < -0.4 is 15.5 Å². The van der Waals surface area contributed by atoms with Crippen molar-refractivity contribution in [3.63, 3.8) is 0 Å². The van der Waals surface area contributed by atoms with E-state index in [2.05, 4.69) is 50.8 Å². The van der Waals surface area contributed by atoms with Crippen molar-refractivity contribution in [3.8, 4) is 11.1 Å². The molecule has 1 atom stereocenters. The second-order valence-corrected chi connectivity index (χ2v) is 12.1. The van der Waals surface area contributed by atoms with Gasteiger partial charge in [0.15, 0.2) is 0 Å². The van der Waals surface area contributed by atoms with Crippen molar-refractivity contribution in [3.05, 3.63) is 47.8 Å². The Kier molecular flexibility index (Phi) is 6.62. The lowest BCUT2D eigenvalue weighted by Crippen LogP contribution is -2.49. The highest BCUT2D eigenvalue weighted by Gasteiger charge is 2.29. The molecule has 0 bridgehead atoms. The molecule has 1 saturated carbocycles. The van der Waals surface area contributed by atoms with Crippen molar-refractivity contribution in [2.45, 2.75) is 89.8 Å². The first-order chi connectivity index (χ1) is 18.3. The van der Waals surface area contributed by atoms with Gasteiger partial charge in [0.1, 0.15) is 11.4 Å². The molecule has 2 fully saturated rings. The van der Waals surface area contributed by atoms with E-state index < -0.39 is 5.60 Å². The van der Waals surface area contributed by atoms with Gasteiger partial charge < -0.3 is 20.3 Å². The molecule has 3 aliphatic rings. The number of fused-ring (bicyclic) bond motifs is 2. The number of hydrogen-bond acceptors (Lipinski definition) is 6. The van der Waals surface area contributed by atoms with E-state index in [1.807, 2.05) is 27.0 Å². The first-order valence-corrected chi connectivity index (χ1v) is 14.3. The van der Waals surface area contributed by atoms with E-state index in [9.17, 15) is 4.79 Å². The van der Waals surface area contributed by atoms with E-state index in [1.54, 1.807) is 0 Å². The summed E-state index contributed by atoms with van der Waals surface area (Å²) in [4.78, 5) is 24.7. The lowest BCUT2D eigenvalue weighted by atomic mass is 9.90. The third-order valence-electron chi connectivity index (χ3n) is 7.71. The fraction of sp³-hybridized carbons (Fsp3) is 0.516. The van der Waals surface area contributed by atoms with Crippen LogP contribution in [0, 0.1) is 0 Å². The summed E-state index contributed by atoms with van der Waals surface area (Å²) in [6.45, 7) is 7.47. The van der Waals surface area contributed by atoms with Crippen molar-refractivity contribution in [2.75, 3.05) is 23.3 Å². The second-order valence-electron chi connectivity index (χ2n) is 12.1. The minimum Gasteiger partial charge on any atom is -0.444 e. The van der Waals surface area contributed by atoms with E-state index in [0.717, 1.165) is 55.7 Å². The van der Waals surface area contributed by atoms with Crippen molar-refractivity contribution < 1.29 is 9.53 Å². The number of amides is 1. The first-order valence-electron chi connectivity index (χ1n) is 14.3. The number of aromatic nitrogens is 2. The maximum atomic E-state index is 12.5. The van der Waals surface area contributed by atoms with E-state index >= 15 is 0 Å². The van der Waals surface area contributed by atoms with Crippen molar-refractivity contribution >= 4 is 28.5 Å². The molecule has 2 aromatic heterocycles. The Balaban J connectivity index is 1.35. The smallest absolute Gasteiger partial charge is 0.407 e. The molecule has 1 amide bonds. The molecule has 2 aliphatic carbocycles. The lowest BCUT2D eigenvalue weighted by molar-refractivity contribution is 0.0500. The van der Waals surface area contributed by atoms with E-state index in [1.165, 1.54) is 53.6 Å². The molecular formula is C31H39N5O2. The molecular weight excluding hydrogens is 474 g/mol. The molecule has 38 heavy (non-hydrogen) atoms. The summed E-state index contributed by atoms with van der Waals surface area (Å²) in [6, 6.07) is 11.6. The van der Waals surface area contributed by atoms with Gasteiger partial charge in [-0.25, -0.2) is 9.78 Å². The molecule has 2 N–H and O–H groups in total. The van der Waals surface area contributed by atoms with E-state index in [0.29, 0.717) is 6.04 Å². The molecule has 6 rings (SSSR count). The summed E-state index contributed by atoms with van der Waals surface area (Å²) in [6.07, 6.45) is 10.5. The van der Waals surface area contributed by atoms with Gasteiger partial charge >= 0.3 is 6.09 Å². The van der Waals surface area contributed by atoms with Crippen LogP contribution in [0.4, 0.5) is 16.3 Å².